The SMILES string of the molecule is c1ccc(S(c2ccccc2)(c2ccccc2)c2ccnc3c2oc2cccnc23)cc1. The Labute approximate surface area is 187 Å². The summed E-state index contributed by atoms with van der Waals surface area (Å²) in [6.07, 6.45) is 3.68. The Morgan fingerprint density at radius 1 is 0.500 bits per heavy atom. The third kappa shape index (κ3) is 2.77. The molecule has 0 atom stereocenters. The molecule has 0 saturated heterocycles. The number of fused-ring (bicyclic) bond motifs is 3. The molecule has 32 heavy (non-hydrogen) atoms. The third-order valence-electron chi connectivity index (χ3n) is 5.70. The van der Waals surface area contributed by atoms with E-state index in [9.17, 15) is 0 Å². The number of hydrogen-bond donors (Lipinski definition) is 0. The Kier molecular flexibility index (Phi) is 4.51. The molecule has 3 aromatic carbocycles. The lowest BCUT2D eigenvalue weighted by Gasteiger charge is -2.41. The number of rotatable bonds is 4. The molecule has 0 radical (unpaired) electrons. The van der Waals surface area contributed by atoms with Crippen LogP contribution < -0.4 is 0 Å². The van der Waals surface area contributed by atoms with Gasteiger partial charge in [0.1, 0.15) is 11.0 Å². The smallest absolute Gasteiger partial charge is 0.168 e. The van der Waals surface area contributed by atoms with Gasteiger partial charge in [-0.2, -0.15) is 0 Å². The molecule has 0 aliphatic heterocycles. The Morgan fingerprint density at radius 2 is 1.03 bits per heavy atom. The molecule has 6 aromatic rings. The van der Waals surface area contributed by atoms with Crippen LogP contribution in [0.25, 0.3) is 22.2 Å². The Bertz CT molecular complexity index is 1420. The second kappa shape index (κ2) is 7.66. The first-order valence-corrected chi connectivity index (χ1v) is 12.1. The average molecular weight is 433 g/mol. The van der Waals surface area contributed by atoms with Gasteiger partial charge in [-0.15, -0.1) is 10.0 Å². The predicted molar refractivity (Wildman–Crippen MR) is 129 cm³/mol. The summed E-state index contributed by atoms with van der Waals surface area (Å²) in [5, 5.41) is 0. The highest BCUT2D eigenvalue weighted by Gasteiger charge is 2.36. The lowest BCUT2D eigenvalue weighted by Crippen LogP contribution is -2.05. The van der Waals surface area contributed by atoms with Crippen LogP contribution in [0.2, 0.25) is 0 Å². The van der Waals surface area contributed by atoms with Gasteiger partial charge in [-0.05, 0) is 54.6 Å². The van der Waals surface area contributed by atoms with E-state index in [0.717, 1.165) is 27.1 Å². The van der Waals surface area contributed by atoms with Crippen LogP contribution in [0.5, 0.6) is 0 Å². The minimum atomic E-state index is -1.85. The monoisotopic (exact) mass is 432 g/mol. The average Bonchev–Trinajstić information content (AvgIpc) is 3.26. The maximum absolute atomic E-state index is 6.45. The molecule has 0 saturated carbocycles. The van der Waals surface area contributed by atoms with Crippen molar-refractivity contribution in [3.63, 3.8) is 0 Å². The highest BCUT2D eigenvalue weighted by Crippen LogP contribution is 2.74. The van der Waals surface area contributed by atoms with E-state index < -0.39 is 10.0 Å². The van der Waals surface area contributed by atoms with E-state index in [4.69, 9.17) is 4.42 Å². The van der Waals surface area contributed by atoms with Gasteiger partial charge in [0.15, 0.2) is 11.2 Å². The molecule has 6 rings (SSSR count). The van der Waals surface area contributed by atoms with Gasteiger partial charge in [0.25, 0.3) is 0 Å². The van der Waals surface area contributed by atoms with Gasteiger partial charge in [0.05, 0.1) is 0 Å². The first-order valence-electron chi connectivity index (χ1n) is 10.5. The van der Waals surface area contributed by atoms with Crippen molar-refractivity contribution in [2.75, 3.05) is 0 Å². The number of hydrogen-bond acceptors (Lipinski definition) is 3. The van der Waals surface area contributed by atoms with Crippen LogP contribution in [-0.4, -0.2) is 9.97 Å². The van der Waals surface area contributed by atoms with Crippen LogP contribution in [0.3, 0.4) is 0 Å². The van der Waals surface area contributed by atoms with E-state index in [1.165, 1.54) is 14.7 Å². The zero-order valence-electron chi connectivity index (χ0n) is 17.3. The molecule has 0 bridgehead atoms. The van der Waals surface area contributed by atoms with Crippen molar-refractivity contribution in [1.29, 1.82) is 0 Å². The van der Waals surface area contributed by atoms with Gasteiger partial charge in [-0.1, -0.05) is 54.6 Å². The van der Waals surface area contributed by atoms with E-state index >= 15 is 0 Å². The van der Waals surface area contributed by atoms with Crippen LogP contribution in [0.4, 0.5) is 0 Å². The summed E-state index contributed by atoms with van der Waals surface area (Å²) < 4.78 is 6.45. The van der Waals surface area contributed by atoms with Gasteiger partial charge in [-0.3, -0.25) is 9.97 Å². The van der Waals surface area contributed by atoms with Crippen molar-refractivity contribution in [2.45, 2.75) is 19.6 Å². The quantitative estimate of drug-likeness (QED) is 0.286. The van der Waals surface area contributed by atoms with E-state index in [1.54, 1.807) is 6.20 Å². The molecule has 154 valence electrons. The highest BCUT2D eigenvalue weighted by molar-refractivity contribution is 8.34. The lowest BCUT2D eigenvalue weighted by atomic mass is 10.3. The fourth-order valence-electron chi connectivity index (χ4n) is 4.36. The third-order valence-corrected chi connectivity index (χ3v) is 9.61. The van der Waals surface area contributed by atoms with Gasteiger partial charge < -0.3 is 4.42 Å². The maximum atomic E-state index is 6.45. The molecule has 3 aromatic heterocycles. The highest BCUT2D eigenvalue weighted by atomic mass is 32.3. The van der Waals surface area contributed by atoms with E-state index in [0.29, 0.717) is 0 Å². The zero-order chi connectivity index (χ0) is 21.4. The van der Waals surface area contributed by atoms with Crippen molar-refractivity contribution in [1.82, 2.24) is 9.97 Å². The number of pyridine rings is 2. The first-order chi connectivity index (χ1) is 15.9. The summed E-state index contributed by atoms with van der Waals surface area (Å²) in [6.45, 7) is 0. The van der Waals surface area contributed by atoms with Crippen LogP contribution in [0, 0.1) is 0 Å². The molecule has 4 heteroatoms. The summed E-state index contributed by atoms with van der Waals surface area (Å²) in [6, 6.07) is 38.2. The molecule has 0 amide bonds. The number of benzene rings is 3. The molecule has 0 unspecified atom stereocenters. The standard InChI is InChI=1S/C28H20N2OS/c1-4-11-21(12-5-1)32(22-13-6-2-7-14-22,23-15-8-3-9-16-23)25-18-20-30-27-26-24(31-28(25)27)17-10-19-29-26/h1-20H. The molecule has 0 spiro atoms. The Hall–Kier alpha value is -3.89. The van der Waals surface area contributed by atoms with Crippen molar-refractivity contribution < 1.29 is 4.42 Å². The van der Waals surface area contributed by atoms with Crippen LogP contribution >= 0.6 is 10.0 Å². The molecule has 0 N–H and O–H groups in total. The second-order valence-electron chi connectivity index (χ2n) is 7.49. The van der Waals surface area contributed by atoms with Crippen LogP contribution in [0.15, 0.2) is 146 Å². The van der Waals surface area contributed by atoms with Crippen molar-refractivity contribution in [3.05, 3.63) is 122 Å². The number of nitrogens with zero attached hydrogens (tertiary/aromatic N) is 2. The second-order valence-corrected chi connectivity index (χ2v) is 10.6. The van der Waals surface area contributed by atoms with Crippen LogP contribution in [0.1, 0.15) is 0 Å². The fraction of sp³-hybridized carbons (Fsp3) is 0. The van der Waals surface area contributed by atoms with E-state index in [1.807, 2.05) is 18.3 Å². The molecule has 3 nitrogen and oxygen atoms in total. The normalized spacial score (nSPS) is 12.2. The molecular formula is C28H20N2OS. The Balaban J connectivity index is 1.82. The minimum absolute atomic E-state index is 0.755. The summed E-state index contributed by atoms with van der Waals surface area (Å²) >= 11 is 0. The summed E-state index contributed by atoms with van der Waals surface area (Å²) in [4.78, 5) is 14.1. The van der Waals surface area contributed by atoms with Gasteiger partial charge in [0.2, 0.25) is 0 Å². The first kappa shape index (κ1) is 18.8. The summed E-state index contributed by atoms with van der Waals surface area (Å²) in [5.41, 5.74) is 3.15. The van der Waals surface area contributed by atoms with E-state index in [-0.39, 0.29) is 0 Å². The number of aromatic nitrogens is 2. The lowest BCUT2D eigenvalue weighted by molar-refractivity contribution is 0.658. The van der Waals surface area contributed by atoms with Gasteiger partial charge in [-0.25, -0.2) is 0 Å². The molecule has 3 heterocycles. The predicted octanol–water partition coefficient (Wildman–Crippen LogP) is 7.72. The van der Waals surface area contributed by atoms with Gasteiger partial charge >= 0.3 is 0 Å². The van der Waals surface area contributed by atoms with Crippen LogP contribution in [-0.2, 0) is 0 Å². The van der Waals surface area contributed by atoms with Crippen molar-refractivity contribution in [2.24, 2.45) is 0 Å². The van der Waals surface area contributed by atoms with Gasteiger partial charge in [0, 0.05) is 32.0 Å². The van der Waals surface area contributed by atoms with Crippen molar-refractivity contribution in [3.8, 4) is 0 Å². The van der Waals surface area contributed by atoms with Crippen molar-refractivity contribution >= 4 is 32.2 Å². The Morgan fingerprint density at radius 3 is 1.59 bits per heavy atom. The largest absolute Gasteiger partial charge is 0.451 e. The van der Waals surface area contributed by atoms with E-state index in [2.05, 4.69) is 107 Å². The number of furan rings is 1. The molecular weight excluding hydrogens is 412 g/mol. The summed E-state index contributed by atoms with van der Waals surface area (Å²) in [7, 11) is -1.85. The minimum Gasteiger partial charge on any atom is -0.451 e. The molecule has 0 aliphatic carbocycles. The maximum Gasteiger partial charge on any atom is 0.168 e. The molecule has 0 aliphatic rings. The zero-order valence-corrected chi connectivity index (χ0v) is 18.1. The fourth-order valence-corrected chi connectivity index (χ4v) is 8.32. The summed E-state index contributed by atoms with van der Waals surface area (Å²) in [5.74, 6) is 0. The topological polar surface area (TPSA) is 38.9 Å². The molecule has 0 fully saturated rings.